The fourth-order valence-corrected chi connectivity index (χ4v) is 1.71. The summed E-state index contributed by atoms with van der Waals surface area (Å²) in [6.07, 6.45) is 0. The molecule has 0 amide bonds. The predicted octanol–water partition coefficient (Wildman–Crippen LogP) is 2.10. The van der Waals surface area contributed by atoms with Crippen LogP contribution in [0.25, 0.3) is 5.82 Å². The van der Waals surface area contributed by atoms with Gasteiger partial charge in [0.1, 0.15) is 5.69 Å². The van der Waals surface area contributed by atoms with Crippen molar-refractivity contribution in [3.63, 3.8) is 0 Å². The van der Waals surface area contributed by atoms with E-state index in [2.05, 4.69) is 10.1 Å². The normalized spacial score (nSPS) is 10.5. The van der Waals surface area contributed by atoms with Gasteiger partial charge in [-0.05, 0) is 32.9 Å². The molecule has 0 bridgehead atoms. The molecule has 0 aliphatic rings. The molecule has 0 radical (unpaired) electrons. The SMILES string of the molecule is Cc1cc(C)n(-c2ccc([N+](=O)[O-])c(C)n2)n1. The van der Waals surface area contributed by atoms with Gasteiger partial charge in [0.2, 0.25) is 0 Å². The van der Waals surface area contributed by atoms with Crippen LogP contribution in [-0.4, -0.2) is 19.7 Å². The second-order valence-corrected chi connectivity index (χ2v) is 3.87. The van der Waals surface area contributed by atoms with Crippen LogP contribution in [-0.2, 0) is 0 Å². The number of hydrogen-bond acceptors (Lipinski definition) is 4. The summed E-state index contributed by atoms with van der Waals surface area (Å²) >= 11 is 0. The van der Waals surface area contributed by atoms with Crippen molar-refractivity contribution in [2.45, 2.75) is 20.8 Å². The van der Waals surface area contributed by atoms with E-state index in [4.69, 9.17) is 0 Å². The Morgan fingerprint density at radius 1 is 1.29 bits per heavy atom. The van der Waals surface area contributed by atoms with E-state index in [1.54, 1.807) is 17.7 Å². The molecular formula is C11H12N4O2. The Hall–Kier alpha value is -2.24. The van der Waals surface area contributed by atoms with Gasteiger partial charge in [-0.2, -0.15) is 5.10 Å². The Kier molecular flexibility index (Phi) is 2.63. The molecule has 0 N–H and O–H groups in total. The third-order valence-electron chi connectivity index (χ3n) is 2.47. The average Bonchev–Trinajstić information content (AvgIpc) is 2.57. The van der Waals surface area contributed by atoms with Crippen LogP contribution in [0.15, 0.2) is 18.2 Å². The summed E-state index contributed by atoms with van der Waals surface area (Å²) in [5.74, 6) is 0.596. The van der Waals surface area contributed by atoms with E-state index in [0.717, 1.165) is 11.4 Å². The van der Waals surface area contributed by atoms with Crippen molar-refractivity contribution in [3.8, 4) is 5.82 Å². The number of aromatic nitrogens is 3. The number of hydrogen-bond donors (Lipinski definition) is 0. The second-order valence-electron chi connectivity index (χ2n) is 3.87. The monoisotopic (exact) mass is 232 g/mol. The highest BCUT2D eigenvalue weighted by Crippen LogP contribution is 2.18. The molecule has 17 heavy (non-hydrogen) atoms. The van der Waals surface area contributed by atoms with E-state index in [0.29, 0.717) is 11.5 Å². The van der Waals surface area contributed by atoms with E-state index in [9.17, 15) is 10.1 Å². The second kappa shape index (κ2) is 3.97. The maximum atomic E-state index is 10.7. The summed E-state index contributed by atoms with van der Waals surface area (Å²) in [6, 6.07) is 4.98. The van der Waals surface area contributed by atoms with Crippen molar-refractivity contribution in [1.29, 1.82) is 0 Å². The van der Waals surface area contributed by atoms with E-state index < -0.39 is 4.92 Å². The lowest BCUT2D eigenvalue weighted by Gasteiger charge is -2.04. The smallest absolute Gasteiger partial charge is 0.258 e. The predicted molar refractivity (Wildman–Crippen MR) is 62.2 cm³/mol. The molecule has 2 aromatic heterocycles. The number of aryl methyl sites for hydroxylation is 3. The molecule has 0 fully saturated rings. The van der Waals surface area contributed by atoms with Gasteiger partial charge in [-0.1, -0.05) is 0 Å². The summed E-state index contributed by atoms with van der Waals surface area (Å²) in [4.78, 5) is 14.4. The largest absolute Gasteiger partial charge is 0.290 e. The summed E-state index contributed by atoms with van der Waals surface area (Å²) in [5.41, 5.74) is 2.25. The molecule has 0 atom stereocenters. The minimum Gasteiger partial charge on any atom is -0.258 e. The van der Waals surface area contributed by atoms with Crippen molar-refractivity contribution in [2.24, 2.45) is 0 Å². The summed E-state index contributed by atoms with van der Waals surface area (Å²) < 4.78 is 1.67. The number of rotatable bonds is 2. The zero-order chi connectivity index (χ0) is 12.6. The van der Waals surface area contributed by atoms with E-state index >= 15 is 0 Å². The molecule has 0 saturated heterocycles. The van der Waals surface area contributed by atoms with Gasteiger partial charge in [-0.3, -0.25) is 10.1 Å². The first-order valence-electron chi connectivity index (χ1n) is 5.14. The van der Waals surface area contributed by atoms with Gasteiger partial charge < -0.3 is 0 Å². The molecule has 0 spiro atoms. The molecule has 2 aromatic rings. The molecule has 2 heterocycles. The standard InChI is InChI=1S/C11H12N4O2/c1-7-6-8(2)14(13-7)11-5-4-10(15(16)17)9(3)12-11/h4-6H,1-3H3. The zero-order valence-electron chi connectivity index (χ0n) is 9.84. The van der Waals surface area contributed by atoms with Crippen LogP contribution in [0.2, 0.25) is 0 Å². The summed E-state index contributed by atoms with van der Waals surface area (Å²) in [7, 11) is 0. The summed E-state index contributed by atoms with van der Waals surface area (Å²) in [5, 5.41) is 15.0. The highest BCUT2D eigenvalue weighted by molar-refractivity contribution is 5.40. The molecule has 6 nitrogen and oxygen atoms in total. The minimum absolute atomic E-state index is 0.0234. The highest BCUT2D eigenvalue weighted by Gasteiger charge is 2.13. The third kappa shape index (κ3) is 2.01. The van der Waals surface area contributed by atoms with E-state index in [1.807, 2.05) is 19.9 Å². The minimum atomic E-state index is -0.437. The van der Waals surface area contributed by atoms with Crippen molar-refractivity contribution >= 4 is 5.69 Å². The Morgan fingerprint density at radius 2 is 2.00 bits per heavy atom. The van der Waals surface area contributed by atoms with Gasteiger partial charge in [0.05, 0.1) is 10.6 Å². The molecule has 0 unspecified atom stereocenters. The van der Waals surface area contributed by atoms with Gasteiger partial charge in [-0.15, -0.1) is 0 Å². The number of nitro groups is 1. The first kappa shape index (κ1) is 11.3. The fraction of sp³-hybridized carbons (Fsp3) is 0.273. The molecule has 0 saturated carbocycles. The van der Waals surface area contributed by atoms with E-state index in [-0.39, 0.29) is 5.69 Å². The van der Waals surface area contributed by atoms with Gasteiger partial charge in [0, 0.05) is 11.8 Å². The quantitative estimate of drug-likeness (QED) is 0.587. The highest BCUT2D eigenvalue weighted by atomic mass is 16.6. The van der Waals surface area contributed by atoms with Crippen LogP contribution in [0.5, 0.6) is 0 Å². The van der Waals surface area contributed by atoms with Crippen LogP contribution in [0.1, 0.15) is 17.1 Å². The van der Waals surface area contributed by atoms with Crippen molar-refractivity contribution in [3.05, 3.63) is 45.4 Å². The Balaban J connectivity index is 2.51. The van der Waals surface area contributed by atoms with Crippen LogP contribution in [0.4, 0.5) is 5.69 Å². The topological polar surface area (TPSA) is 73.8 Å². The van der Waals surface area contributed by atoms with E-state index in [1.165, 1.54) is 6.07 Å². The van der Waals surface area contributed by atoms with Crippen molar-refractivity contribution in [2.75, 3.05) is 0 Å². The Morgan fingerprint density at radius 3 is 2.47 bits per heavy atom. The fourth-order valence-electron chi connectivity index (χ4n) is 1.71. The van der Waals surface area contributed by atoms with Crippen molar-refractivity contribution in [1.82, 2.24) is 14.8 Å². The van der Waals surface area contributed by atoms with Gasteiger partial charge in [0.15, 0.2) is 5.82 Å². The first-order valence-corrected chi connectivity index (χ1v) is 5.14. The first-order chi connectivity index (χ1) is 7.99. The van der Waals surface area contributed by atoms with Gasteiger partial charge in [-0.25, -0.2) is 9.67 Å². The molecule has 88 valence electrons. The molecule has 6 heteroatoms. The third-order valence-corrected chi connectivity index (χ3v) is 2.47. The maximum absolute atomic E-state index is 10.7. The van der Waals surface area contributed by atoms with Crippen LogP contribution in [0.3, 0.4) is 0 Å². The molecule has 2 rings (SSSR count). The lowest BCUT2D eigenvalue weighted by Crippen LogP contribution is -2.04. The van der Waals surface area contributed by atoms with Gasteiger partial charge >= 0.3 is 0 Å². The van der Waals surface area contributed by atoms with Gasteiger partial charge in [0.25, 0.3) is 5.69 Å². The Labute approximate surface area is 98.1 Å². The van der Waals surface area contributed by atoms with Crippen LogP contribution in [0, 0.1) is 30.9 Å². The molecule has 0 aliphatic heterocycles. The van der Waals surface area contributed by atoms with Crippen LogP contribution >= 0.6 is 0 Å². The van der Waals surface area contributed by atoms with Crippen LogP contribution < -0.4 is 0 Å². The average molecular weight is 232 g/mol. The number of pyridine rings is 1. The molecule has 0 aliphatic carbocycles. The van der Waals surface area contributed by atoms with Crippen molar-refractivity contribution < 1.29 is 4.92 Å². The lowest BCUT2D eigenvalue weighted by molar-refractivity contribution is -0.385. The Bertz CT molecular complexity index is 589. The zero-order valence-corrected chi connectivity index (χ0v) is 9.84. The molecular weight excluding hydrogens is 220 g/mol. The summed E-state index contributed by atoms with van der Waals surface area (Å²) in [6.45, 7) is 5.42. The molecule has 0 aromatic carbocycles. The lowest BCUT2D eigenvalue weighted by atomic mass is 10.3. The number of nitrogens with zero attached hydrogens (tertiary/aromatic N) is 4. The maximum Gasteiger partial charge on any atom is 0.290 e.